The zero-order chi connectivity index (χ0) is 9.15. The number of nitrogens with zero attached hydrogens (tertiary/aromatic N) is 1. The summed E-state index contributed by atoms with van der Waals surface area (Å²) in [6.07, 6.45) is 1.07. The highest BCUT2D eigenvalue weighted by atomic mass is 35.5. The van der Waals surface area contributed by atoms with Crippen molar-refractivity contribution in [1.29, 1.82) is 0 Å². The summed E-state index contributed by atoms with van der Waals surface area (Å²) < 4.78 is 11.1. The lowest BCUT2D eigenvalue weighted by Crippen LogP contribution is -2.67. The molecule has 2 saturated heterocycles. The molecule has 0 aromatic heterocycles. The number of ether oxygens (including phenoxy) is 2. The minimum absolute atomic E-state index is 0.0323. The molecule has 2 fully saturated rings. The summed E-state index contributed by atoms with van der Waals surface area (Å²) in [4.78, 5) is 2.37. The Morgan fingerprint density at radius 2 is 2.15 bits per heavy atom. The van der Waals surface area contributed by atoms with Crippen LogP contribution >= 0.6 is 11.6 Å². The molecular weight excluding hydrogens is 190 g/mol. The number of hydrogen-bond acceptors (Lipinski definition) is 3. The molecule has 0 aliphatic carbocycles. The molecule has 2 heterocycles. The Balaban J connectivity index is 1.69. The number of alkyl halides is 1. The second-order valence-corrected chi connectivity index (χ2v) is 4.22. The third-order valence-electron chi connectivity index (χ3n) is 2.63. The van der Waals surface area contributed by atoms with E-state index in [-0.39, 0.29) is 5.60 Å². The molecule has 2 aliphatic heterocycles. The van der Waals surface area contributed by atoms with E-state index in [1.54, 1.807) is 0 Å². The average molecular weight is 206 g/mol. The zero-order valence-electron chi connectivity index (χ0n) is 7.80. The molecule has 0 radical (unpaired) electrons. The Morgan fingerprint density at radius 3 is 2.77 bits per heavy atom. The van der Waals surface area contributed by atoms with E-state index in [4.69, 9.17) is 21.1 Å². The summed E-state index contributed by atoms with van der Waals surface area (Å²) in [6.45, 7) is 5.40. The van der Waals surface area contributed by atoms with Crippen molar-refractivity contribution in [3.8, 4) is 0 Å². The van der Waals surface area contributed by atoms with Gasteiger partial charge in [-0.1, -0.05) is 0 Å². The van der Waals surface area contributed by atoms with Crippen LogP contribution in [0, 0.1) is 0 Å². The fourth-order valence-corrected chi connectivity index (χ4v) is 2.13. The SMILES string of the molecule is ClCCCN1CC2(COCCO2)C1. The monoisotopic (exact) mass is 205 g/mol. The van der Waals surface area contributed by atoms with E-state index in [1.165, 1.54) is 0 Å². The maximum absolute atomic E-state index is 5.71. The van der Waals surface area contributed by atoms with E-state index in [2.05, 4.69) is 4.90 Å². The van der Waals surface area contributed by atoms with E-state index in [9.17, 15) is 0 Å². The van der Waals surface area contributed by atoms with Crippen molar-refractivity contribution in [3.63, 3.8) is 0 Å². The van der Waals surface area contributed by atoms with Crippen LogP contribution in [0.4, 0.5) is 0 Å². The molecule has 3 nitrogen and oxygen atoms in total. The molecule has 0 N–H and O–H groups in total. The normalized spacial score (nSPS) is 27.5. The van der Waals surface area contributed by atoms with Gasteiger partial charge in [-0.2, -0.15) is 0 Å². The molecule has 0 bridgehead atoms. The summed E-state index contributed by atoms with van der Waals surface area (Å²) in [5, 5.41) is 0. The third-order valence-corrected chi connectivity index (χ3v) is 2.90. The van der Waals surface area contributed by atoms with Crippen LogP contribution in [-0.4, -0.2) is 55.8 Å². The predicted molar refractivity (Wildman–Crippen MR) is 51.3 cm³/mol. The van der Waals surface area contributed by atoms with Crippen LogP contribution in [-0.2, 0) is 9.47 Å². The highest BCUT2D eigenvalue weighted by Gasteiger charge is 2.45. The van der Waals surface area contributed by atoms with Gasteiger partial charge in [0, 0.05) is 19.0 Å². The first-order valence-corrected chi connectivity index (χ1v) is 5.38. The molecule has 0 atom stereocenters. The van der Waals surface area contributed by atoms with Crippen molar-refractivity contribution >= 4 is 11.6 Å². The maximum Gasteiger partial charge on any atom is 0.117 e. The zero-order valence-corrected chi connectivity index (χ0v) is 8.55. The van der Waals surface area contributed by atoms with Crippen LogP contribution in [0.3, 0.4) is 0 Å². The molecule has 0 unspecified atom stereocenters. The van der Waals surface area contributed by atoms with Crippen LogP contribution in [0.2, 0.25) is 0 Å². The molecule has 0 saturated carbocycles. The Labute approximate surface area is 83.9 Å². The topological polar surface area (TPSA) is 21.7 Å². The van der Waals surface area contributed by atoms with Gasteiger partial charge in [0.05, 0.1) is 19.8 Å². The highest BCUT2D eigenvalue weighted by Crippen LogP contribution is 2.27. The molecule has 1 spiro atoms. The Bertz CT molecular complexity index is 163. The number of likely N-dealkylation sites (tertiary alicyclic amines) is 1. The second-order valence-electron chi connectivity index (χ2n) is 3.84. The van der Waals surface area contributed by atoms with Gasteiger partial charge >= 0.3 is 0 Å². The van der Waals surface area contributed by atoms with Gasteiger partial charge in [-0.25, -0.2) is 0 Å². The lowest BCUT2D eigenvalue weighted by Gasteiger charge is -2.51. The summed E-state index contributed by atoms with van der Waals surface area (Å²) >= 11 is 5.62. The van der Waals surface area contributed by atoms with E-state index in [0.29, 0.717) is 0 Å². The quantitative estimate of drug-likeness (QED) is 0.634. The van der Waals surface area contributed by atoms with Gasteiger partial charge in [-0.15, -0.1) is 11.6 Å². The van der Waals surface area contributed by atoms with Gasteiger partial charge < -0.3 is 9.47 Å². The van der Waals surface area contributed by atoms with Gasteiger partial charge in [0.1, 0.15) is 5.60 Å². The van der Waals surface area contributed by atoms with Crippen LogP contribution in [0.25, 0.3) is 0 Å². The minimum atomic E-state index is 0.0323. The number of halogens is 1. The average Bonchev–Trinajstić information content (AvgIpc) is 2.13. The van der Waals surface area contributed by atoms with Gasteiger partial charge in [-0.05, 0) is 13.0 Å². The van der Waals surface area contributed by atoms with Crippen molar-refractivity contribution in [1.82, 2.24) is 4.90 Å². The van der Waals surface area contributed by atoms with E-state index in [0.717, 1.165) is 51.8 Å². The molecule has 2 rings (SSSR count). The summed E-state index contributed by atoms with van der Waals surface area (Å²) in [5.74, 6) is 0.751. The Morgan fingerprint density at radius 1 is 1.31 bits per heavy atom. The van der Waals surface area contributed by atoms with Crippen LogP contribution < -0.4 is 0 Å². The molecule has 0 aromatic rings. The first kappa shape index (κ1) is 9.71. The van der Waals surface area contributed by atoms with Gasteiger partial charge in [0.15, 0.2) is 0 Å². The minimum Gasteiger partial charge on any atom is -0.376 e. The number of rotatable bonds is 3. The van der Waals surface area contributed by atoms with Gasteiger partial charge in [0.25, 0.3) is 0 Å². The Hall–Kier alpha value is 0.170. The van der Waals surface area contributed by atoms with Crippen LogP contribution in [0.5, 0.6) is 0 Å². The number of hydrogen-bond donors (Lipinski definition) is 0. The van der Waals surface area contributed by atoms with Gasteiger partial charge in [0.2, 0.25) is 0 Å². The van der Waals surface area contributed by atoms with Gasteiger partial charge in [-0.3, -0.25) is 4.90 Å². The first-order valence-electron chi connectivity index (χ1n) is 4.85. The Kier molecular flexibility index (Phi) is 3.09. The summed E-state index contributed by atoms with van der Waals surface area (Å²) in [5.41, 5.74) is 0.0323. The molecule has 2 aliphatic rings. The van der Waals surface area contributed by atoms with E-state index in [1.807, 2.05) is 0 Å². The van der Waals surface area contributed by atoms with Crippen molar-refractivity contribution < 1.29 is 9.47 Å². The van der Waals surface area contributed by atoms with Crippen LogP contribution in [0.1, 0.15) is 6.42 Å². The highest BCUT2D eigenvalue weighted by molar-refractivity contribution is 6.17. The third kappa shape index (κ3) is 2.15. The summed E-state index contributed by atoms with van der Waals surface area (Å²) in [6, 6.07) is 0. The molecule has 0 aromatic carbocycles. The smallest absolute Gasteiger partial charge is 0.117 e. The molecular formula is C9H16ClNO2. The van der Waals surface area contributed by atoms with E-state index >= 15 is 0 Å². The molecule has 13 heavy (non-hydrogen) atoms. The molecule has 76 valence electrons. The largest absolute Gasteiger partial charge is 0.376 e. The van der Waals surface area contributed by atoms with Crippen molar-refractivity contribution in [2.45, 2.75) is 12.0 Å². The fourth-order valence-electron chi connectivity index (χ4n) is 2.01. The maximum atomic E-state index is 5.71. The lowest BCUT2D eigenvalue weighted by molar-refractivity contribution is -0.216. The second kappa shape index (κ2) is 4.13. The standard InChI is InChI=1S/C9H16ClNO2/c10-2-1-3-11-6-9(7-11)8-12-4-5-13-9/h1-8H2. The predicted octanol–water partition coefficient (Wildman–Crippen LogP) is 0.716. The molecule has 0 amide bonds. The lowest BCUT2D eigenvalue weighted by atomic mass is 9.94. The fraction of sp³-hybridized carbons (Fsp3) is 1.00. The molecule has 4 heteroatoms. The van der Waals surface area contributed by atoms with E-state index < -0.39 is 0 Å². The van der Waals surface area contributed by atoms with Crippen molar-refractivity contribution in [2.24, 2.45) is 0 Å². The summed E-state index contributed by atoms with van der Waals surface area (Å²) in [7, 11) is 0. The van der Waals surface area contributed by atoms with Crippen molar-refractivity contribution in [2.75, 3.05) is 45.3 Å². The first-order chi connectivity index (χ1) is 6.35. The van der Waals surface area contributed by atoms with Crippen LogP contribution in [0.15, 0.2) is 0 Å². The van der Waals surface area contributed by atoms with Crippen molar-refractivity contribution in [3.05, 3.63) is 0 Å².